The Bertz CT molecular complexity index is 386. The largest absolute Gasteiger partial charge is 0.261 e. The first-order chi connectivity index (χ1) is 8.42. The van der Waals surface area contributed by atoms with Crippen LogP contribution in [0, 0.1) is 0 Å². The van der Waals surface area contributed by atoms with E-state index in [9.17, 15) is 0 Å². The molecule has 0 aliphatic carbocycles. The van der Waals surface area contributed by atoms with Gasteiger partial charge in [-0.05, 0) is 30.7 Å². The lowest BCUT2D eigenvalue weighted by atomic mass is 9.94. The smallest absolute Gasteiger partial charge is 0.0494 e. The zero-order valence-electron chi connectivity index (χ0n) is 10.2. The third-order valence-corrected chi connectivity index (χ3v) is 2.94. The van der Waals surface area contributed by atoms with Crippen molar-refractivity contribution in [1.82, 2.24) is 9.97 Å². The predicted molar refractivity (Wildman–Crippen MR) is 69.8 cm³/mol. The van der Waals surface area contributed by atoms with E-state index in [0.717, 1.165) is 17.8 Å². The van der Waals surface area contributed by atoms with Crippen LogP contribution in [0.5, 0.6) is 0 Å². The van der Waals surface area contributed by atoms with Crippen LogP contribution < -0.4 is 0 Å². The van der Waals surface area contributed by atoms with Crippen molar-refractivity contribution in [2.45, 2.75) is 32.1 Å². The Labute approximate surface area is 103 Å². The van der Waals surface area contributed by atoms with Crippen LogP contribution in [0.15, 0.2) is 48.8 Å². The maximum Gasteiger partial charge on any atom is 0.0494 e. The number of hydrogen-bond acceptors (Lipinski definition) is 2. The summed E-state index contributed by atoms with van der Waals surface area (Å²) < 4.78 is 0. The molecule has 0 saturated carbocycles. The molecule has 0 amide bonds. The molecule has 17 heavy (non-hydrogen) atoms. The predicted octanol–water partition coefficient (Wildman–Crippen LogP) is 3.80. The molecular formula is C15H18N2. The van der Waals surface area contributed by atoms with E-state index in [2.05, 4.69) is 29.0 Å². The first-order valence-corrected chi connectivity index (χ1v) is 6.23. The highest BCUT2D eigenvalue weighted by Crippen LogP contribution is 2.26. The Kier molecular flexibility index (Phi) is 4.25. The maximum atomic E-state index is 4.47. The molecule has 2 aromatic heterocycles. The van der Waals surface area contributed by atoms with Crippen LogP contribution in [-0.4, -0.2) is 9.97 Å². The quantitative estimate of drug-likeness (QED) is 0.775. The first kappa shape index (κ1) is 11.8. The fourth-order valence-corrected chi connectivity index (χ4v) is 2.02. The van der Waals surface area contributed by atoms with Crippen molar-refractivity contribution >= 4 is 0 Å². The van der Waals surface area contributed by atoms with Gasteiger partial charge in [-0.15, -0.1) is 0 Å². The summed E-state index contributed by atoms with van der Waals surface area (Å²) in [6.07, 6.45) is 7.24. The molecule has 0 spiro atoms. The summed E-state index contributed by atoms with van der Waals surface area (Å²) in [5.74, 6) is 0.331. The van der Waals surface area contributed by atoms with E-state index in [1.165, 1.54) is 12.8 Å². The van der Waals surface area contributed by atoms with Gasteiger partial charge in [-0.3, -0.25) is 9.97 Å². The highest BCUT2D eigenvalue weighted by atomic mass is 14.7. The SMILES string of the molecule is CCCCC(c1ccccn1)c1ccccn1. The second kappa shape index (κ2) is 6.14. The lowest BCUT2D eigenvalue weighted by molar-refractivity contribution is 0.625. The van der Waals surface area contributed by atoms with E-state index >= 15 is 0 Å². The number of nitrogens with zero attached hydrogens (tertiary/aromatic N) is 2. The monoisotopic (exact) mass is 226 g/mol. The second-order valence-electron chi connectivity index (χ2n) is 4.20. The van der Waals surface area contributed by atoms with Crippen LogP contribution >= 0.6 is 0 Å². The average Bonchev–Trinajstić information content (AvgIpc) is 2.42. The van der Waals surface area contributed by atoms with E-state index in [-0.39, 0.29) is 0 Å². The minimum atomic E-state index is 0.331. The lowest BCUT2D eigenvalue weighted by Gasteiger charge is -2.15. The van der Waals surface area contributed by atoms with E-state index < -0.39 is 0 Å². The summed E-state index contributed by atoms with van der Waals surface area (Å²) in [5.41, 5.74) is 2.25. The standard InChI is InChI=1S/C15H18N2/c1-2-3-8-13(14-9-4-6-11-16-14)15-10-5-7-12-17-15/h4-7,9-13H,2-3,8H2,1H3. The number of rotatable bonds is 5. The van der Waals surface area contributed by atoms with Crippen molar-refractivity contribution < 1.29 is 0 Å². The number of unbranched alkanes of at least 4 members (excludes halogenated alkanes) is 1. The van der Waals surface area contributed by atoms with Crippen molar-refractivity contribution in [3.63, 3.8) is 0 Å². The number of pyridine rings is 2. The van der Waals surface area contributed by atoms with E-state index in [1.807, 2.05) is 36.7 Å². The molecule has 2 nitrogen and oxygen atoms in total. The molecule has 0 aliphatic heterocycles. The Morgan fingerprint density at radius 3 is 1.94 bits per heavy atom. The molecular weight excluding hydrogens is 208 g/mol. The van der Waals surface area contributed by atoms with Gasteiger partial charge in [0, 0.05) is 29.7 Å². The molecule has 0 bridgehead atoms. The van der Waals surface area contributed by atoms with Crippen LogP contribution in [-0.2, 0) is 0 Å². The van der Waals surface area contributed by atoms with Gasteiger partial charge in [0.25, 0.3) is 0 Å². The van der Waals surface area contributed by atoms with Gasteiger partial charge < -0.3 is 0 Å². The third kappa shape index (κ3) is 3.13. The van der Waals surface area contributed by atoms with Gasteiger partial charge >= 0.3 is 0 Å². The molecule has 2 aromatic rings. The summed E-state index contributed by atoms with van der Waals surface area (Å²) in [5, 5.41) is 0. The minimum Gasteiger partial charge on any atom is -0.261 e. The molecule has 0 atom stereocenters. The molecule has 2 rings (SSSR count). The minimum absolute atomic E-state index is 0.331. The van der Waals surface area contributed by atoms with E-state index in [4.69, 9.17) is 0 Å². The van der Waals surface area contributed by atoms with Crippen LogP contribution in [0.1, 0.15) is 43.5 Å². The summed E-state index contributed by atoms with van der Waals surface area (Å²) >= 11 is 0. The van der Waals surface area contributed by atoms with Gasteiger partial charge in [-0.25, -0.2) is 0 Å². The maximum absolute atomic E-state index is 4.47. The Hall–Kier alpha value is -1.70. The zero-order chi connectivity index (χ0) is 11.9. The van der Waals surface area contributed by atoms with E-state index in [1.54, 1.807) is 0 Å². The van der Waals surface area contributed by atoms with Crippen LogP contribution in [0.2, 0.25) is 0 Å². The molecule has 0 aliphatic rings. The summed E-state index contributed by atoms with van der Waals surface area (Å²) in [7, 11) is 0. The first-order valence-electron chi connectivity index (χ1n) is 6.23. The van der Waals surface area contributed by atoms with Crippen LogP contribution in [0.25, 0.3) is 0 Å². The average molecular weight is 226 g/mol. The van der Waals surface area contributed by atoms with Crippen molar-refractivity contribution in [3.05, 3.63) is 60.2 Å². The Morgan fingerprint density at radius 1 is 0.941 bits per heavy atom. The molecule has 2 heterocycles. The summed E-state index contributed by atoms with van der Waals surface area (Å²) in [6.45, 7) is 2.22. The van der Waals surface area contributed by atoms with Gasteiger partial charge in [-0.2, -0.15) is 0 Å². The van der Waals surface area contributed by atoms with Gasteiger partial charge in [-0.1, -0.05) is 31.9 Å². The normalized spacial score (nSPS) is 10.7. The molecule has 2 heteroatoms. The molecule has 0 fully saturated rings. The molecule has 0 N–H and O–H groups in total. The Morgan fingerprint density at radius 2 is 1.53 bits per heavy atom. The molecule has 88 valence electrons. The molecule has 0 saturated heterocycles. The fourth-order valence-electron chi connectivity index (χ4n) is 2.02. The summed E-state index contributed by atoms with van der Waals surface area (Å²) in [6, 6.07) is 12.2. The molecule has 0 unspecified atom stereocenters. The topological polar surface area (TPSA) is 25.8 Å². The Balaban J connectivity index is 2.26. The van der Waals surface area contributed by atoms with Gasteiger partial charge in [0.15, 0.2) is 0 Å². The van der Waals surface area contributed by atoms with Crippen molar-refractivity contribution in [3.8, 4) is 0 Å². The molecule has 0 radical (unpaired) electrons. The third-order valence-electron chi connectivity index (χ3n) is 2.94. The molecule has 0 aromatic carbocycles. The zero-order valence-corrected chi connectivity index (χ0v) is 10.2. The van der Waals surface area contributed by atoms with Gasteiger partial charge in [0.05, 0.1) is 0 Å². The highest BCUT2D eigenvalue weighted by molar-refractivity contribution is 5.22. The van der Waals surface area contributed by atoms with Crippen LogP contribution in [0.3, 0.4) is 0 Å². The summed E-state index contributed by atoms with van der Waals surface area (Å²) in [4.78, 5) is 8.94. The van der Waals surface area contributed by atoms with Gasteiger partial charge in [0.1, 0.15) is 0 Å². The highest BCUT2D eigenvalue weighted by Gasteiger charge is 2.15. The van der Waals surface area contributed by atoms with Crippen LogP contribution in [0.4, 0.5) is 0 Å². The number of aromatic nitrogens is 2. The van der Waals surface area contributed by atoms with Crippen molar-refractivity contribution in [2.24, 2.45) is 0 Å². The lowest BCUT2D eigenvalue weighted by Crippen LogP contribution is -2.05. The number of hydrogen-bond donors (Lipinski definition) is 0. The van der Waals surface area contributed by atoms with Crippen molar-refractivity contribution in [1.29, 1.82) is 0 Å². The fraction of sp³-hybridized carbons (Fsp3) is 0.333. The van der Waals surface area contributed by atoms with Crippen molar-refractivity contribution in [2.75, 3.05) is 0 Å². The van der Waals surface area contributed by atoms with E-state index in [0.29, 0.717) is 5.92 Å². The second-order valence-corrected chi connectivity index (χ2v) is 4.20. The van der Waals surface area contributed by atoms with Gasteiger partial charge in [0.2, 0.25) is 0 Å².